The molecule has 0 unspecified atom stereocenters. The van der Waals surface area contributed by atoms with Crippen LogP contribution in [-0.2, 0) is 9.84 Å². The summed E-state index contributed by atoms with van der Waals surface area (Å²) in [4.78, 5) is 2.36. The number of hydrogen-bond donors (Lipinski definition) is 1. The first-order chi connectivity index (χ1) is 9.02. The number of alkyl halides is 1. The molecule has 0 amide bonds. The molecule has 0 aliphatic carbocycles. The van der Waals surface area contributed by atoms with Crippen molar-refractivity contribution in [2.45, 2.75) is 10.9 Å². The van der Waals surface area contributed by atoms with Gasteiger partial charge in [-0.05, 0) is 17.7 Å². The second kappa shape index (κ2) is 8.90. The minimum Gasteiger partial charge on any atom is -0.314 e. The average Bonchev–Trinajstić information content (AvgIpc) is 2.40. The second-order valence-electron chi connectivity index (χ2n) is 4.80. The standard InChI is InChI=1S/C13H19FN2O2S.2ClH/c1-19(17,18)12-4-2-11(3-5-12)13(10-14)16-8-6-15-7-9-16;;/h2-5,13,15H,6-10H2,1H3;2*1H/t13-;;/m0../s1. The van der Waals surface area contributed by atoms with Gasteiger partial charge in [0.15, 0.2) is 9.84 Å². The van der Waals surface area contributed by atoms with E-state index in [1.807, 2.05) is 0 Å². The van der Waals surface area contributed by atoms with Crippen LogP contribution in [0.4, 0.5) is 4.39 Å². The normalized spacial score (nSPS) is 17.4. The van der Waals surface area contributed by atoms with Gasteiger partial charge in [0.1, 0.15) is 6.67 Å². The van der Waals surface area contributed by atoms with Crippen LogP contribution in [0.3, 0.4) is 0 Å². The first-order valence-electron chi connectivity index (χ1n) is 6.33. The van der Waals surface area contributed by atoms with Gasteiger partial charge in [-0.25, -0.2) is 12.8 Å². The van der Waals surface area contributed by atoms with Crippen molar-refractivity contribution in [3.8, 4) is 0 Å². The molecule has 1 aromatic rings. The Labute approximate surface area is 137 Å². The van der Waals surface area contributed by atoms with E-state index in [4.69, 9.17) is 0 Å². The lowest BCUT2D eigenvalue weighted by Crippen LogP contribution is -2.45. The third-order valence-corrected chi connectivity index (χ3v) is 4.56. The van der Waals surface area contributed by atoms with Crippen LogP contribution in [0.5, 0.6) is 0 Å². The van der Waals surface area contributed by atoms with Crippen molar-refractivity contribution in [1.82, 2.24) is 10.2 Å². The molecule has 122 valence electrons. The number of nitrogens with one attached hydrogen (secondary N) is 1. The molecule has 1 aromatic carbocycles. The third-order valence-electron chi connectivity index (χ3n) is 3.43. The summed E-state index contributed by atoms with van der Waals surface area (Å²) in [6, 6.07) is 6.24. The van der Waals surface area contributed by atoms with Crippen LogP contribution in [0.1, 0.15) is 11.6 Å². The fraction of sp³-hybridized carbons (Fsp3) is 0.538. The highest BCUT2D eigenvalue weighted by Gasteiger charge is 2.22. The van der Waals surface area contributed by atoms with Crippen molar-refractivity contribution >= 4 is 34.7 Å². The maximum atomic E-state index is 13.3. The molecule has 0 radical (unpaired) electrons. The minimum atomic E-state index is -3.19. The minimum absolute atomic E-state index is 0. The van der Waals surface area contributed by atoms with Crippen LogP contribution in [0.2, 0.25) is 0 Å². The molecular weight excluding hydrogens is 338 g/mol. The zero-order valence-electron chi connectivity index (χ0n) is 11.8. The van der Waals surface area contributed by atoms with E-state index in [1.165, 1.54) is 6.26 Å². The smallest absolute Gasteiger partial charge is 0.175 e. The van der Waals surface area contributed by atoms with E-state index in [0.29, 0.717) is 0 Å². The van der Waals surface area contributed by atoms with Gasteiger partial charge >= 0.3 is 0 Å². The summed E-state index contributed by atoms with van der Waals surface area (Å²) in [6.07, 6.45) is 1.17. The van der Waals surface area contributed by atoms with Crippen molar-refractivity contribution < 1.29 is 12.8 Å². The summed E-state index contributed by atoms with van der Waals surface area (Å²) in [5, 5.41) is 3.23. The fourth-order valence-corrected chi connectivity index (χ4v) is 2.96. The predicted octanol–water partition coefficient (Wildman–Crippen LogP) is 1.85. The lowest BCUT2D eigenvalue weighted by Gasteiger charge is -2.33. The van der Waals surface area contributed by atoms with Gasteiger partial charge in [-0.3, -0.25) is 4.90 Å². The van der Waals surface area contributed by atoms with Crippen molar-refractivity contribution in [3.63, 3.8) is 0 Å². The molecule has 21 heavy (non-hydrogen) atoms. The van der Waals surface area contributed by atoms with Gasteiger partial charge in [0.05, 0.1) is 10.9 Å². The number of piperazine rings is 1. The number of sulfone groups is 1. The summed E-state index contributed by atoms with van der Waals surface area (Å²) < 4.78 is 36.1. The maximum Gasteiger partial charge on any atom is 0.175 e. The molecule has 8 heteroatoms. The average molecular weight is 359 g/mol. The Balaban J connectivity index is 0.00000200. The van der Waals surface area contributed by atoms with Gasteiger partial charge in [-0.2, -0.15) is 0 Å². The molecular formula is C13H21Cl2FN2O2S. The molecule has 1 heterocycles. The lowest BCUT2D eigenvalue weighted by molar-refractivity contribution is 0.147. The molecule has 1 N–H and O–H groups in total. The van der Waals surface area contributed by atoms with E-state index in [1.54, 1.807) is 24.3 Å². The molecule has 1 aliphatic heterocycles. The van der Waals surface area contributed by atoms with Gasteiger partial charge in [0, 0.05) is 32.4 Å². The molecule has 1 fully saturated rings. The van der Waals surface area contributed by atoms with Gasteiger partial charge < -0.3 is 5.32 Å². The molecule has 2 rings (SSSR count). The number of halogens is 3. The monoisotopic (exact) mass is 358 g/mol. The van der Waals surface area contributed by atoms with E-state index >= 15 is 0 Å². The Bertz CT molecular complexity index is 519. The zero-order chi connectivity index (χ0) is 13.9. The van der Waals surface area contributed by atoms with Crippen LogP contribution >= 0.6 is 24.8 Å². The largest absolute Gasteiger partial charge is 0.314 e. The van der Waals surface area contributed by atoms with E-state index < -0.39 is 16.5 Å². The Morgan fingerprint density at radius 1 is 1.19 bits per heavy atom. The molecule has 0 spiro atoms. The van der Waals surface area contributed by atoms with Gasteiger partial charge in [0.25, 0.3) is 0 Å². The second-order valence-corrected chi connectivity index (χ2v) is 6.81. The Morgan fingerprint density at radius 3 is 2.14 bits per heavy atom. The maximum absolute atomic E-state index is 13.3. The third kappa shape index (κ3) is 5.38. The van der Waals surface area contributed by atoms with Crippen molar-refractivity contribution in [2.24, 2.45) is 0 Å². The number of rotatable bonds is 4. The van der Waals surface area contributed by atoms with E-state index in [0.717, 1.165) is 31.7 Å². The number of benzene rings is 1. The Kier molecular flexibility index (Phi) is 8.73. The fourth-order valence-electron chi connectivity index (χ4n) is 2.33. The molecule has 0 aromatic heterocycles. The highest BCUT2D eigenvalue weighted by atomic mass is 35.5. The summed E-state index contributed by atoms with van der Waals surface area (Å²) in [5.41, 5.74) is 0.830. The van der Waals surface area contributed by atoms with Crippen LogP contribution in [0.25, 0.3) is 0 Å². The molecule has 4 nitrogen and oxygen atoms in total. The van der Waals surface area contributed by atoms with E-state index in [-0.39, 0.29) is 35.8 Å². The zero-order valence-corrected chi connectivity index (χ0v) is 14.2. The van der Waals surface area contributed by atoms with E-state index in [2.05, 4.69) is 10.2 Å². The molecule has 1 aliphatic rings. The van der Waals surface area contributed by atoms with Gasteiger partial charge in [-0.15, -0.1) is 24.8 Å². The highest BCUT2D eigenvalue weighted by Crippen LogP contribution is 2.23. The number of nitrogens with zero attached hydrogens (tertiary/aromatic N) is 1. The Hall–Kier alpha value is -0.400. The molecule has 0 bridgehead atoms. The van der Waals surface area contributed by atoms with Crippen LogP contribution < -0.4 is 5.32 Å². The molecule has 0 saturated carbocycles. The van der Waals surface area contributed by atoms with Gasteiger partial charge in [-0.1, -0.05) is 12.1 Å². The van der Waals surface area contributed by atoms with Crippen LogP contribution in [0.15, 0.2) is 29.2 Å². The Morgan fingerprint density at radius 2 is 1.71 bits per heavy atom. The van der Waals surface area contributed by atoms with E-state index in [9.17, 15) is 12.8 Å². The first kappa shape index (κ1) is 20.6. The summed E-state index contributed by atoms with van der Waals surface area (Å²) in [5.74, 6) is 0. The van der Waals surface area contributed by atoms with Gasteiger partial charge in [0.2, 0.25) is 0 Å². The molecule has 1 atom stereocenters. The highest BCUT2D eigenvalue weighted by molar-refractivity contribution is 7.90. The lowest BCUT2D eigenvalue weighted by atomic mass is 10.1. The van der Waals surface area contributed by atoms with Crippen molar-refractivity contribution in [1.29, 1.82) is 0 Å². The van der Waals surface area contributed by atoms with Crippen LogP contribution in [0, 0.1) is 0 Å². The summed E-state index contributed by atoms with van der Waals surface area (Å²) in [6.45, 7) is 2.87. The van der Waals surface area contributed by atoms with Crippen LogP contribution in [-0.4, -0.2) is 52.4 Å². The number of hydrogen-bond acceptors (Lipinski definition) is 4. The predicted molar refractivity (Wildman–Crippen MR) is 87.2 cm³/mol. The molecule has 1 saturated heterocycles. The SMILES string of the molecule is CS(=O)(=O)c1ccc([C@H](CF)N2CCNCC2)cc1.Cl.Cl. The topological polar surface area (TPSA) is 49.4 Å². The summed E-state index contributed by atoms with van der Waals surface area (Å²) in [7, 11) is -3.19. The first-order valence-corrected chi connectivity index (χ1v) is 8.22. The van der Waals surface area contributed by atoms with Crippen molar-refractivity contribution in [2.75, 3.05) is 39.1 Å². The quantitative estimate of drug-likeness (QED) is 0.892. The summed E-state index contributed by atoms with van der Waals surface area (Å²) >= 11 is 0. The van der Waals surface area contributed by atoms with Crippen molar-refractivity contribution in [3.05, 3.63) is 29.8 Å².